The van der Waals surface area contributed by atoms with Crippen molar-refractivity contribution in [3.05, 3.63) is 53.8 Å². The number of ether oxygens (including phenoxy) is 3. The third-order valence-corrected chi connectivity index (χ3v) is 5.85. The number of methoxy groups -OCH3 is 2. The van der Waals surface area contributed by atoms with E-state index in [1.54, 1.807) is 43.3 Å². The van der Waals surface area contributed by atoms with E-state index in [0.29, 0.717) is 22.8 Å². The number of rotatable bonds is 10. The number of benzene rings is 2. The summed E-state index contributed by atoms with van der Waals surface area (Å²) in [6, 6.07) is 10.5. The first-order valence-corrected chi connectivity index (χ1v) is 11.1. The van der Waals surface area contributed by atoms with E-state index in [4.69, 9.17) is 14.2 Å². The van der Waals surface area contributed by atoms with Gasteiger partial charge >= 0.3 is 0 Å². The Balaban J connectivity index is 1.75. The van der Waals surface area contributed by atoms with Crippen LogP contribution in [-0.2, 0) is 16.1 Å². The van der Waals surface area contributed by atoms with Gasteiger partial charge in [0.25, 0.3) is 5.91 Å². The van der Waals surface area contributed by atoms with Gasteiger partial charge in [0.1, 0.15) is 29.1 Å². The lowest BCUT2D eigenvalue weighted by molar-refractivity contribution is -0.142. The molecule has 0 radical (unpaired) electrons. The topological polar surface area (TPSA) is 77.1 Å². The van der Waals surface area contributed by atoms with Crippen LogP contribution in [0.15, 0.2) is 42.5 Å². The van der Waals surface area contributed by atoms with E-state index in [0.717, 1.165) is 25.7 Å². The zero-order valence-corrected chi connectivity index (χ0v) is 19.3. The Kier molecular flexibility index (Phi) is 8.52. The Labute approximate surface area is 193 Å². The van der Waals surface area contributed by atoms with Gasteiger partial charge < -0.3 is 24.4 Å². The van der Waals surface area contributed by atoms with Crippen LogP contribution in [-0.4, -0.2) is 49.6 Å². The first-order valence-electron chi connectivity index (χ1n) is 11.1. The minimum absolute atomic E-state index is 0.0461. The van der Waals surface area contributed by atoms with E-state index in [-0.39, 0.29) is 25.1 Å². The number of amides is 2. The first kappa shape index (κ1) is 24.4. The highest BCUT2D eigenvalue weighted by Gasteiger charge is 2.29. The van der Waals surface area contributed by atoms with Crippen molar-refractivity contribution < 1.29 is 28.2 Å². The van der Waals surface area contributed by atoms with E-state index in [1.807, 2.05) is 0 Å². The van der Waals surface area contributed by atoms with E-state index >= 15 is 0 Å². The van der Waals surface area contributed by atoms with Crippen molar-refractivity contribution in [2.24, 2.45) is 0 Å². The van der Waals surface area contributed by atoms with Crippen molar-refractivity contribution in [1.29, 1.82) is 0 Å². The standard InChI is InChI=1S/C25H31FN2O5/c1-17(25(30)27-19-9-5-6-10-19)28(15-18-8-4-7-11-23(18)26)24(29)16-33-22-13-20(31-2)12-21(14-22)32-3/h4,7-8,11-14,17,19H,5-6,9-10,15-16H2,1-3H3,(H,27,30)/t17-/m1/s1. The predicted octanol–water partition coefficient (Wildman–Crippen LogP) is 3.70. The molecule has 8 heteroatoms. The van der Waals surface area contributed by atoms with E-state index in [2.05, 4.69) is 5.32 Å². The van der Waals surface area contributed by atoms with Crippen LogP contribution in [0.4, 0.5) is 4.39 Å². The molecule has 1 aliphatic carbocycles. The second-order valence-corrected chi connectivity index (χ2v) is 8.12. The second kappa shape index (κ2) is 11.5. The minimum Gasteiger partial charge on any atom is -0.496 e. The number of carbonyl (C=O) groups excluding carboxylic acids is 2. The third kappa shape index (κ3) is 6.60. The van der Waals surface area contributed by atoms with Crippen LogP contribution in [0, 0.1) is 5.82 Å². The van der Waals surface area contributed by atoms with Gasteiger partial charge in [0.2, 0.25) is 5.91 Å². The molecule has 0 saturated heterocycles. The van der Waals surface area contributed by atoms with Gasteiger partial charge in [-0.3, -0.25) is 9.59 Å². The summed E-state index contributed by atoms with van der Waals surface area (Å²) in [6.45, 7) is 1.28. The van der Waals surface area contributed by atoms with Gasteiger partial charge in [-0.05, 0) is 25.8 Å². The predicted molar refractivity (Wildman–Crippen MR) is 122 cm³/mol. The monoisotopic (exact) mass is 458 g/mol. The van der Waals surface area contributed by atoms with Gasteiger partial charge in [0.05, 0.1) is 14.2 Å². The summed E-state index contributed by atoms with van der Waals surface area (Å²) in [6.07, 6.45) is 4.02. The molecule has 3 rings (SSSR count). The quantitative estimate of drug-likeness (QED) is 0.588. The van der Waals surface area contributed by atoms with E-state index in [9.17, 15) is 14.0 Å². The normalized spacial score (nSPS) is 14.4. The fraction of sp³-hybridized carbons (Fsp3) is 0.440. The Morgan fingerprint density at radius 3 is 2.27 bits per heavy atom. The van der Waals surface area contributed by atoms with Crippen molar-refractivity contribution in [3.63, 3.8) is 0 Å². The summed E-state index contributed by atoms with van der Waals surface area (Å²) < 4.78 is 30.5. The molecule has 1 atom stereocenters. The highest BCUT2D eigenvalue weighted by molar-refractivity contribution is 5.88. The maximum absolute atomic E-state index is 14.3. The molecule has 1 fully saturated rings. The summed E-state index contributed by atoms with van der Waals surface area (Å²) in [4.78, 5) is 27.4. The molecule has 0 unspecified atom stereocenters. The first-order chi connectivity index (χ1) is 15.9. The van der Waals surface area contributed by atoms with Crippen molar-refractivity contribution in [2.45, 2.75) is 51.2 Å². The largest absolute Gasteiger partial charge is 0.496 e. The summed E-state index contributed by atoms with van der Waals surface area (Å²) in [5, 5.41) is 3.02. The van der Waals surface area contributed by atoms with E-state index in [1.165, 1.54) is 25.2 Å². The highest BCUT2D eigenvalue weighted by atomic mass is 19.1. The van der Waals surface area contributed by atoms with Crippen LogP contribution in [0.3, 0.4) is 0 Å². The van der Waals surface area contributed by atoms with Gasteiger partial charge in [0.15, 0.2) is 6.61 Å². The zero-order chi connectivity index (χ0) is 23.8. The zero-order valence-electron chi connectivity index (χ0n) is 19.3. The molecule has 1 aliphatic rings. The fourth-order valence-electron chi connectivity index (χ4n) is 3.88. The molecule has 7 nitrogen and oxygen atoms in total. The molecule has 178 valence electrons. The van der Waals surface area contributed by atoms with Crippen LogP contribution < -0.4 is 19.5 Å². The number of halogens is 1. The van der Waals surface area contributed by atoms with Crippen molar-refractivity contribution in [1.82, 2.24) is 10.2 Å². The van der Waals surface area contributed by atoms with Crippen LogP contribution in [0.2, 0.25) is 0 Å². The van der Waals surface area contributed by atoms with Crippen LogP contribution in [0.5, 0.6) is 17.2 Å². The number of nitrogens with one attached hydrogen (secondary N) is 1. The third-order valence-electron chi connectivity index (χ3n) is 5.85. The van der Waals surface area contributed by atoms with Gasteiger partial charge in [-0.15, -0.1) is 0 Å². The summed E-state index contributed by atoms with van der Waals surface area (Å²) in [5.74, 6) is 0.294. The van der Waals surface area contributed by atoms with Gasteiger partial charge in [0, 0.05) is 36.3 Å². The number of carbonyl (C=O) groups is 2. The summed E-state index contributed by atoms with van der Waals surface area (Å²) >= 11 is 0. The van der Waals surface area contributed by atoms with Gasteiger partial charge in [-0.25, -0.2) is 4.39 Å². The molecule has 2 aromatic rings. The second-order valence-electron chi connectivity index (χ2n) is 8.12. The van der Waals surface area contributed by atoms with Crippen molar-refractivity contribution in [2.75, 3.05) is 20.8 Å². The summed E-state index contributed by atoms with van der Waals surface area (Å²) in [7, 11) is 3.04. The van der Waals surface area contributed by atoms with Crippen LogP contribution in [0.1, 0.15) is 38.2 Å². The lowest BCUT2D eigenvalue weighted by Gasteiger charge is -2.29. The molecule has 1 N–H and O–H groups in total. The average Bonchev–Trinajstić information content (AvgIpc) is 3.34. The summed E-state index contributed by atoms with van der Waals surface area (Å²) in [5.41, 5.74) is 0.328. The lowest BCUT2D eigenvalue weighted by atomic mass is 10.1. The molecular formula is C25H31FN2O5. The van der Waals surface area contributed by atoms with E-state index < -0.39 is 17.8 Å². The maximum Gasteiger partial charge on any atom is 0.261 e. The molecule has 0 aromatic heterocycles. The van der Waals surface area contributed by atoms with Crippen molar-refractivity contribution >= 4 is 11.8 Å². The molecular weight excluding hydrogens is 427 g/mol. The number of hydrogen-bond acceptors (Lipinski definition) is 5. The maximum atomic E-state index is 14.3. The Morgan fingerprint density at radius 1 is 1.06 bits per heavy atom. The van der Waals surface area contributed by atoms with Crippen LogP contribution in [0.25, 0.3) is 0 Å². The molecule has 2 amide bonds. The minimum atomic E-state index is -0.791. The Hall–Kier alpha value is -3.29. The molecule has 0 aliphatic heterocycles. The highest BCUT2D eigenvalue weighted by Crippen LogP contribution is 2.27. The SMILES string of the molecule is COc1cc(OC)cc(OCC(=O)N(Cc2ccccc2F)[C@H](C)C(=O)NC2CCCC2)c1. The van der Waals surface area contributed by atoms with Gasteiger partial charge in [-0.2, -0.15) is 0 Å². The van der Waals surface area contributed by atoms with Crippen molar-refractivity contribution in [3.8, 4) is 17.2 Å². The lowest BCUT2D eigenvalue weighted by Crippen LogP contribution is -2.50. The number of hydrogen-bond donors (Lipinski definition) is 1. The molecule has 1 saturated carbocycles. The molecule has 2 aromatic carbocycles. The number of nitrogens with zero attached hydrogens (tertiary/aromatic N) is 1. The Bertz CT molecular complexity index is 939. The Morgan fingerprint density at radius 2 is 1.67 bits per heavy atom. The van der Waals surface area contributed by atoms with Gasteiger partial charge in [-0.1, -0.05) is 31.0 Å². The molecule has 0 heterocycles. The molecule has 0 spiro atoms. The smallest absolute Gasteiger partial charge is 0.261 e. The van der Waals surface area contributed by atoms with Crippen LogP contribution >= 0.6 is 0 Å². The fourth-order valence-corrected chi connectivity index (χ4v) is 3.88. The average molecular weight is 459 g/mol. The molecule has 33 heavy (non-hydrogen) atoms. The molecule has 0 bridgehead atoms.